The second kappa shape index (κ2) is 9.91. The zero-order chi connectivity index (χ0) is 23.5. The molecule has 1 unspecified atom stereocenters. The summed E-state index contributed by atoms with van der Waals surface area (Å²) in [5.41, 5.74) is 1.24. The predicted molar refractivity (Wildman–Crippen MR) is 123 cm³/mol. The fourth-order valence-corrected chi connectivity index (χ4v) is 10.0. The zero-order valence-corrected chi connectivity index (χ0v) is 20.6. The summed E-state index contributed by atoms with van der Waals surface area (Å²) < 4.78 is 12.3. The lowest BCUT2D eigenvalue weighted by molar-refractivity contribution is 0.0296. The largest absolute Gasteiger partial charge is 0.540 e. The van der Waals surface area contributed by atoms with Crippen molar-refractivity contribution in [3.8, 4) is 11.5 Å². The van der Waals surface area contributed by atoms with Crippen molar-refractivity contribution >= 4 is 26.0 Å². The van der Waals surface area contributed by atoms with E-state index < -0.39 is 14.4 Å². The van der Waals surface area contributed by atoms with E-state index in [4.69, 9.17) is 9.16 Å². The highest BCUT2D eigenvalue weighted by atomic mass is 28.4. The molecule has 0 radical (unpaired) electrons. The molecule has 8 nitrogen and oxygen atoms in total. The van der Waals surface area contributed by atoms with Gasteiger partial charge in [0.1, 0.15) is 5.75 Å². The highest BCUT2D eigenvalue weighted by molar-refractivity contribution is 6.78. The quantitative estimate of drug-likeness (QED) is 0.475. The summed E-state index contributed by atoms with van der Waals surface area (Å²) in [7, 11) is -0.837. The number of rotatable bonds is 9. The zero-order valence-electron chi connectivity index (χ0n) is 19.6. The molecule has 0 saturated carbocycles. The Bertz CT molecular complexity index is 788. The Morgan fingerprint density at radius 3 is 2.10 bits per heavy atom. The number of likely N-dealkylation sites (tertiary alicyclic amines) is 1. The van der Waals surface area contributed by atoms with Crippen molar-refractivity contribution in [3.05, 3.63) is 17.7 Å². The third-order valence-corrected chi connectivity index (χ3v) is 12.4. The molecule has 0 aromatic heterocycles. The number of carbonyl (C=O) groups excluding carboxylic acids is 1. The summed E-state index contributed by atoms with van der Waals surface area (Å²) in [5, 5.41) is 21.1. The average molecular weight is 453 g/mol. The van der Waals surface area contributed by atoms with E-state index in [9.17, 15) is 19.8 Å². The van der Waals surface area contributed by atoms with Crippen LogP contribution in [0, 0.1) is 0 Å². The van der Waals surface area contributed by atoms with Crippen LogP contribution in [0.25, 0.3) is 0 Å². The first-order valence-electron chi connectivity index (χ1n) is 10.8. The van der Waals surface area contributed by atoms with Crippen LogP contribution in [0.4, 0.5) is 10.5 Å². The van der Waals surface area contributed by atoms with Gasteiger partial charge in [0.15, 0.2) is 5.75 Å². The van der Waals surface area contributed by atoms with Gasteiger partial charge < -0.3 is 24.3 Å². The summed E-state index contributed by atoms with van der Waals surface area (Å²) >= 11 is 0. The van der Waals surface area contributed by atoms with E-state index >= 15 is 0 Å². The van der Waals surface area contributed by atoms with Crippen molar-refractivity contribution in [2.45, 2.75) is 70.6 Å². The lowest BCUT2D eigenvalue weighted by atomic mass is 10.0. The number of nitrogens with one attached hydrogen (secondary N) is 1. The molecular formula is C22H36N2O6Si. The van der Waals surface area contributed by atoms with Gasteiger partial charge in [0, 0.05) is 12.6 Å². The number of hydrogen-bond acceptors (Lipinski definition) is 5. The monoisotopic (exact) mass is 452 g/mol. The third-order valence-electron chi connectivity index (χ3n) is 6.39. The van der Waals surface area contributed by atoms with Gasteiger partial charge in [0.2, 0.25) is 0 Å². The van der Waals surface area contributed by atoms with Crippen molar-refractivity contribution in [2.75, 3.05) is 25.6 Å². The lowest BCUT2D eigenvalue weighted by Gasteiger charge is -2.42. The lowest BCUT2D eigenvalue weighted by Crippen LogP contribution is -2.53. The minimum atomic E-state index is -2.34. The molecule has 1 fully saturated rings. The normalized spacial score (nSPS) is 16.5. The number of anilines is 1. The van der Waals surface area contributed by atoms with Gasteiger partial charge in [0.25, 0.3) is 14.2 Å². The Hall–Kier alpha value is -2.26. The Labute approximate surface area is 185 Å². The second-order valence-electron chi connectivity index (χ2n) is 9.02. The minimum Gasteiger partial charge on any atom is -0.540 e. The number of nitrogens with zero attached hydrogens (tertiary/aromatic N) is 1. The maximum atomic E-state index is 13.1. The van der Waals surface area contributed by atoms with E-state index in [1.165, 1.54) is 18.1 Å². The Morgan fingerprint density at radius 2 is 1.71 bits per heavy atom. The number of aliphatic hydroxyl groups is 1. The fourth-order valence-electron chi connectivity index (χ4n) is 4.79. The molecule has 1 aromatic rings. The first-order chi connectivity index (χ1) is 14.5. The predicted octanol–water partition coefficient (Wildman–Crippen LogP) is 4.55. The molecule has 0 spiro atoms. The molecule has 9 heteroatoms. The fraction of sp³-hybridized carbons (Fsp3) is 0.636. The van der Waals surface area contributed by atoms with E-state index in [-0.39, 0.29) is 29.8 Å². The summed E-state index contributed by atoms with van der Waals surface area (Å²) in [6, 6.07) is 2.84. The number of methoxy groups -OCH3 is 1. The molecule has 1 atom stereocenters. The maximum Gasteiger partial charge on any atom is 0.409 e. The van der Waals surface area contributed by atoms with Crippen molar-refractivity contribution in [3.63, 3.8) is 0 Å². The molecule has 2 amide bonds. The van der Waals surface area contributed by atoms with Crippen molar-refractivity contribution in [1.29, 1.82) is 0 Å². The number of aliphatic hydroxyl groups excluding tert-OH is 1. The number of carboxylic acid groups (broad SMARTS) is 1. The summed E-state index contributed by atoms with van der Waals surface area (Å²) in [6.45, 7) is 13.3. The topological polar surface area (TPSA) is 108 Å². The standard InChI is InChI=1S/C22H36N2O6Si/c1-13(2)31(14(3)4,15(5)6)30-20-11-18(23-22(27)28)17(10-19(20)29-7)21(26)24-9-8-16(24)12-25/h10-11,13-16,23,25H,8-9,12H2,1-7H3,(H,27,28). The summed E-state index contributed by atoms with van der Waals surface area (Å²) in [6.07, 6.45) is -0.555. The van der Waals surface area contributed by atoms with E-state index in [1.54, 1.807) is 6.07 Å². The molecule has 174 valence electrons. The van der Waals surface area contributed by atoms with Gasteiger partial charge in [-0.15, -0.1) is 0 Å². The first kappa shape index (κ1) is 25.0. The highest BCUT2D eigenvalue weighted by Crippen LogP contribution is 2.46. The van der Waals surface area contributed by atoms with Crippen molar-refractivity contribution < 1.29 is 29.0 Å². The smallest absolute Gasteiger partial charge is 0.409 e. The minimum absolute atomic E-state index is 0.128. The highest BCUT2D eigenvalue weighted by Gasteiger charge is 2.47. The van der Waals surface area contributed by atoms with Gasteiger partial charge in [-0.2, -0.15) is 0 Å². The molecule has 1 aliphatic heterocycles. The van der Waals surface area contributed by atoms with Crippen LogP contribution in [0.3, 0.4) is 0 Å². The number of benzene rings is 1. The van der Waals surface area contributed by atoms with Gasteiger partial charge in [-0.05, 0) is 29.1 Å². The molecule has 1 aromatic carbocycles. The Morgan fingerprint density at radius 1 is 1.13 bits per heavy atom. The molecule has 1 aliphatic rings. The van der Waals surface area contributed by atoms with Crippen LogP contribution in [0.1, 0.15) is 58.3 Å². The molecule has 2 rings (SSSR count). The molecule has 0 aliphatic carbocycles. The number of carbonyl (C=O) groups is 2. The van der Waals surface area contributed by atoms with Gasteiger partial charge >= 0.3 is 6.09 Å². The number of amides is 2. The molecule has 31 heavy (non-hydrogen) atoms. The average Bonchev–Trinajstić information content (AvgIpc) is 2.64. The molecule has 1 saturated heterocycles. The van der Waals surface area contributed by atoms with Gasteiger partial charge in [-0.1, -0.05) is 41.5 Å². The van der Waals surface area contributed by atoms with Crippen LogP contribution in [0.2, 0.25) is 16.6 Å². The molecule has 0 bridgehead atoms. The Kier molecular flexibility index (Phi) is 7.99. The van der Waals surface area contributed by atoms with Gasteiger partial charge in [0.05, 0.1) is 31.0 Å². The first-order valence-corrected chi connectivity index (χ1v) is 13.0. The second-order valence-corrected chi connectivity index (χ2v) is 14.4. The van der Waals surface area contributed by atoms with Crippen LogP contribution < -0.4 is 14.5 Å². The van der Waals surface area contributed by atoms with E-state index in [1.807, 2.05) is 0 Å². The Balaban J connectivity index is 2.59. The van der Waals surface area contributed by atoms with Crippen molar-refractivity contribution in [2.24, 2.45) is 0 Å². The summed E-state index contributed by atoms with van der Waals surface area (Å²) in [5.74, 6) is 0.478. The number of ether oxygens (including phenoxy) is 1. The molecular weight excluding hydrogens is 416 g/mol. The van der Waals surface area contributed by atoms with Crippen LogP contribution in [0.15, 0.2) is 12.1 Å². The van der Waals surface area contributed by atoms with Gasteiger partial charge in [-0.25, -0.2) is 4.79 Å². The van der Waals surface area contributed by atoms with E-state index in [0.29, 0.717) is 41.1 Å². The molecule has 1 heterocycles. The van der Waals surface area contributed by atoms with E-state index in [2.05, 4.69) is 46.9 Å². The molecule has 3 N–H and O–H groups in total. The van der Waals surface area contributed by atoms with Crippen LogP contribution >= 0.6 is 0 Å². The third kappa shape index (κ3) is 4.82. The van der Waals surface area contributed by atoms with Crippen LogP contribution in [0.5, 0.6) is 11.5 Å². The van der Waals surface area contributed by atoms with Crippen molar-refractivity contribution in [1.82, 2.24) is 4.90 Å². The summed E-state index contributed by atoms with van der Waals surface area (Å²) in [4.78, 5) is 26.1. The van der Waals surface area contributed by atoms with E-state index in [0.717, 1.165) is 0 Å². The van der Waals surface area contributed by atoms with Crippen LogP contribution in [-0.4, -0.2) is 61.7 Å². The van der Waals surface area contributed by atoms with Crippen LogP contribution in [-0.2, 0) is 0 Å². The number of hydrogen-bond donors (Lipinski definition) is 3. The SMILES string of the molecule is COc1cc(C(=O)N2CCC2CO)c(NC(=O)O)cc1O[Si](C(C)C)(C(C)C)C(C)C. The maximum absolute atomic E-state index is 13.1. The van der Waals surface area contributed by atoms with Gasteiger partial charge in [-0.3, -0.25) is 10.1 Å².